The normalized spacial score (nSPS) is 10.1. The van der Waals surface area contributed by atoms with Crippen LogP contribution in [0, 0.1) is 5.82 Å². The highest BCUT2D eigenvalue weighted by Gasteiger charge is 2.10. The van der Waals surface area contributed by atoms with Crippen LogP contribution in [0.1, 0.15) is 20.7 Å². The lowest BCUT2D eigenvalue weighted by molar-refractivity contribution is 0.0137. The van der Waals surface area contributed by atoms with Crippen molar-refractivity contribution in [1.82, 2.24) is 15.6 Å². The monoisotopic (exact) mass is 305 g/mol. The van der Waals surface area contributed by atoms with E-state index in [2.05, 4.69) is 10.3 Å². The van der Waals surface area contributed by atoms with E-state index in [4.69, 9.17) is 0 Å². The van der Waals surface area contributed by atoms with E-state index in [0.29, 0.717) is 0 Å². The number of benzene rings is 1. The number of amides is 1. The van der Waals surface area contributed by atoms with Crippen LogP contribution in [0.2, 0.25) is 0 Å². The van der Waals surface area contributed by atoms with Gasteiger partial charge in [0.25, 0.3) is 11.5 Å². The standard InChI is InChI=1S/C14H12FN3O4/c1-18-7-6-10(8-12(18)19)14(21)22-17-16-13(20)9-2-4-11(15)5-3-9/h2-8,17H,1H3,(H,16,20). The van der Waals surface area contributed by atoms with E-state index in [-0.39, 0.29) is 16.7 Å². The summed E-state index contributed by atoms with van der Waals surface area (Å²) in [7, 11) is 1.54. The lowest BCUT2D eigenvalue weighted by atomic mass is 10.2. The van der Waals surface area contributed by atoms with E-state index in [1.165, 1.54) is 29.0 Å². The molecule has 1 amide bonds. The van der Waals surface area contributed by atoms with Gasteiger partial charge < -0.3 is 9.40 Å². The van der Waals surface area contributed by atoms with Crippen LogP contribution in [-0.4, -0.2) is 16.4 Å². The van der Waals surface area contributed by atoms with Gasteiger partial charge in [0, 0.05) is 24.9 Å². The van der Waals surface area contributed by atoms with Crippen molar-refractivity contribution >= 4 is 11.9 Å². The number of hydrazine groups is 1. The van der Waals surface area contributed by atoms with Crippen molar-refractivity contribution in [2.75, 3.05) is 0 Å². The second-order valence-electron chi connectivity index (χ2n) is 4.32. The number of carbonyl (C=O) groups is 2. The van der Waals surface area contributed by atoms with Gasteiger partial charge in [-0.3, -0.25) is 15.0 Å². The van der Waals surface area contributed by atoms with E-state index in [0.717, 1.165) is 18.2 Å². The lowest BCUT2D eigenvalue weighted by Gasteiger charge is -2.07. The molecule has 114 valence electrons. The number of hydrogen-bond donors (Lipinski definition) is 2. The van der Waals surface area contributed by atoms with Crippen molar-refractivity contribution in [1.29, 1.82) is 0 Å². The quantitative estimate of drug-likeness (QED) is 0.804. The molecule has 0 aliphatic carbocycles. The van der Waals surface area contributed by atoms with Crippen LogP contribution < -0.4 is 16.6 Å². The van der Waals surface area contributed by atoms with E-state index < -0.39 is 17.7 Å². The van der Waals surface area contributed by atoms with Crippen LogP contribution in [0.25, 0.3) is 0 Å². The Bertz CT molecular complexity index is 755. The molecule has 0 bridgehead atoms. The molecule has 2 N–H and O–H groups in total. The van der Waals surface area contributed by atoms with Gasteiger partial charge in [-0.1, -0.05) is 5.59 Å². The molecule has 0 fully saturated rings. The van der Waals surface area contributed by atoms with Gasteiger partial charge in [0.15, 0.2) is 0 Å². The van der Waals surface area contributed by atoms with Crippen molar-refractivity contribution in [2.24, 2.45) is 7.05 Å². The molecule has 1 aromatic heterocycles. The highest BCUT2D eigenvalue weighted by Crippen LogP contribution is 2.02. The van der Waals surface area contributed by atoms with Gasteiger partial charge in [0.2, 0.25) is 0 Å². The topological polar surface area (TPSA) is 89.4 Å². The van der Waals surface area contributed by atoms with Gasteiger partial charge in [-0.2, -0.15) is 0 Å². The van der Waals surface area contributed by atoms with E-state index in [1.807, 2.05) is 5.59 Å². The number of nitrogens with one attached hydrogen (secondary N) is 2. The number of pyridine rings is 1. The summed E-state index contributed by atoms with van der Waals surface area (Å²) >= 11 is 0. The summed E-state index contributed by atoms with van der Waals surface area (Å²) in [6, 6.07) is 7.30. The van der Waals surface area contributed by atoms with Gasteiger partial charge in [-0.15, -0.1) is 0 Å². The van der Waals surface area contributed by atoms with Gasteiger partial charge >= 0.3 is 5.97 Å². The van der Waals surface area contributed by atoms with Crippen LogP contribution in [0.4, 0.5) is 4.39 Å². The maximum atomic E-state index is 12.7. The molecule has 2 aromatic rings. The van der Waals surface area contributed by atoms with Gasteiger partial charge in [0.1, 0.15) is 5.82 Å². The Kier molecular flexibility index (Phi) is 4.64. The summed E-state index contributed by atoms with van der Waals surface area (Å²) in [6.07, 6.45) is 1.41. The van der Waals surface area contributed by atoms with Gasteiger partial charge in [-0.25, -0.2) is 9.18 Å². The van der Waals surface area contributed by atoms with Crippen LogP contribution in [0.3, 0.4) is 0 Å². The van der Waals surface area contributed by atoms with Crippen LogP contribution in [-0.2, 0) is 11.9 Å². The molecular formula is C14H12FN3O4. The average molecular weight is 305 g/mol. The largest absolute Gasteiger partial charge is 0.358 e. The fourth-order valence-electron chi connectivity index (χ4n) is 1.53. The SMILES string of the molecule is Cn1ccc(C(=O)ONNC(=O)c2ccc(F)cc2)cc1=O. The van der Waals surface area contributed by atoms with Gasteiger partial charge in [-0.05, 0) is 30.3 Å². The first-order valence-corrected chi connectivity index (χ1v) is 6.16. The molecule has 2 rings (SSSR count). The minimum Gasteiger partial charge on any atom is -0.346 e. The summed E-state index contributed by atoms with van der Waals surface area (Å²) in [4.78, 5) is 39.2. The number of rotatable bonds is 4. The zero-order chi connectivity index (χ0) is 16.1. The summed E-state index contributed by atoms with van der Waals surface area (Å²) < 4.78 is 14.0. The summed E-state index contributed by atoms with van der Waals surface area (Å²) in [5, 5.41) is 0. The number of halogens is 1. The molecule has 7 nitrogen and oxygen atoms in total. The molecule has 8 heteroatoms. The summed E-state index contributed by atoms with van der Waals surface area (Å²) in [5.41, 5.74) is 3.93. The minimum absolute atomic E-state index is 0.0339. The third kappa shape index (κ3) is 3.76. The average Bonchev–Trinajstić information content (AvgIpc) is 2.50. The Morgan fingerprint density at radius 3 is 2.45 bits per heavy atom. The molecule has 1 heterocycles. The number of carbonyl (C=O) groups excluding carboxylic acids is 2. The van der Waals surface area contributed by atoms with Gasteiger partial charge in [0.05, 0.1) is 5.56 Å². The highest BCUT2D eigenvalue weighted by molar-refractivity contribution is 5.94. The summed E-state index contributed by atoms with van der Waals surface area (Å²) in [5.74, 6) is -1.92. The maximum Gasteiger partial charge on any atom is 0.358 e. The fraction of sp³-hybridized carbons (Fsp3) is 0.0714. The fourth-order valence-corrected chi connectivity index (χ4v) is 1.53. The predicted molar refractivity (Wildman–Crippen MR) is 74.1 cm³/mol. The second kappa shape index (κ2) is 6.64. The molecule has 0 saturated heterocycles. The number of nitrogens with zero attached hydrogens (tertiary/aromatic N) is 1. The Balaban J connectivity index is 1.89. The molecule has 22 heavy (non-hydrogen) atoms. The van der Waals surface area contributed by atoms with E-state index in [1.54, 1.807) is 7.05 Å². The lowest BCUT2D eigenvalue weighted by Crippen LogP contribution is -2.39. The second-order valence-corrected chi connectivity index (χ2v) is 4.32. The van der Waals surface area contributed by atoms with Crippen molar-refractivity contribution in [3.8, 4) is 0 Å². The zero-order valence-corrected chi connectivity index (χ0v) is 11.5. The molecule has 0 aliphatic heterocycles. The molecular weight excluding hydrogens is 293 g/mol. The maximum absolute atomic E-state index is 12.7. The molecule has 0 atom stereocenters. The van der Waals surface area contributed by atoms with Crippen LogP contribution in [0.5, 0.6) is 0 Å². The number of aryl methyl sites for hydroxylation is 1. The zero-order valence-electron chi connectivity index (χ0n) is 11.5. The smallest absolute Gasteiger partial charge is 0.346 e. The number of aromatic nitrogens is 1. The first-order chi connectivity index (χ1) is 10.5. The van der Waals surface area contributed by atoms with E-state index >= 15 is 0 Å². The molecule has 0 aliphatic rings. The Labute approximate surface area is 124 Å². The third-order valence-electron chi connectivity index (χ3n) is 2.75. The minimum atomic E-state index is -0.836. The van der Waals surface area contributed by atoms with Crippen molar-refractivity contribution in [3.05, 3.63) is 69.9 Å². The van der Waals surface area contributed by atoms with Crippen LogP contribution >= 0.6 is 0 Å². The first-order valence-electron chi connectivity index (χ1n) is 6.16. The highest BCUT2D eigenvalue weighted by atomic mass is 19.1. The van der Waals surface area contributed by atoms with Crippen molar-refractivity contribution in [3.63, 3.8) is 0 Å². The molecule has 0 spiro atoms. The van der Waals surface area contributed by atoms with Crippen molar-refractivity contribution < 1.29 is 18.8 Å². The molecule has 0 unspecified atom stereocenters. The molecule has 0 saturated carbocycles. The molecule has 1 aromatic carbocycles. The predicted octanol–water partition coefficient (Wildman–Crippen LogP) is 0.531. The summed E-state index contributed by atoms with van der Waals surface area (Å²) in [6.45, 7) is 0. The first kappa shape index (κ1) is 15.4. The Hall–Kier alpha value is -3.00. The molecule has 0 radical (unpaired) electrons. The van der Waals surface area contributed by atoms with E-state index in [9.17, 15) is 18.8 Å². The van der Waals surface area contributed by atoms with Crippen molar-refractivity contribution in [2.45, 2.75) is 0 Å². The third-order valence-corrected chi connectivity index (χ3v) is 2.75. The Morgan fingerprint density at radius 2 is 1.82 bits per heavy atom. The number of hydrogen-bond acceptors (Lipinski definition) is 5. The van der Waals surface area contributed by atoms with Crippen LogP contribution in [0.15, 0.2) is 47.4 Å². The Morgan fingerprint density at radius 1 is 1.14 bits per heavy atom.